The van der Waals surface area contributed by atoms with Crippen LogP contribution >= 0.6 is 0 Å². The van der Waals surface area contributed by atoms with Crippen molar-refractivity contribution in [3.05, 3.63) is 76.4 Å². The third-order valence-electron chi connectivity index (χ3n) is 14.2. The number of carbonyl (C=O) groups is 5. The summed E-state index contributed by atoms with van der Waals surface area (Å²) in [5.74, 6) is -0.540. The highest BCUT2D eigenvalue weighted by atomic mass is 16.5. The summed E-state index contributed by atoms with van der Waals surface area (Å²) >= 11 is 0. The third kappa shape index (κ3) is 8.14. The van der Waals surface area contributed by atoms with E-state index in [1.54, 1.807) is 30.6 Å². The number of aromatic nitrogens is 2. The second-order valence-electron chi connectivity index (χ2n) is 19.6. The number of piperidine rings is 2. The quantitative estimate of drug-likeness (QED) is 0.218. The molecule has 0 spiro atoms. The van der Waals surface area contributed by atoms with E-state index in [0.717, 1.165) is 72.8 Å². The Balaban J connectivity index is 0.797. The molecule has 15 heteroatoms. The van der Waals surface area contributed by atoms with E-state index < -0.39 is 29.7 Å². The van der Waals surface area contributed by atoms with E-state index in [9.17, 15) is 29.2 Å². The molecule has 2 saturated carbocycles. The molecular weight excluding hydrogens is 801 g/mol. The monoisotopic (exact) mass is 858 g/mol. The maximum absolute atomic E-state index is 13.5. The number of amides is 5. The lowest BCUT2D eigenvalue weighted by Crippen LogP contribution is -2.74. The maximum Gasteiger partial charge on any atom is 0.289 e. The molecule has 15 nitrogen and oxygen atoms in total. The van der Waals surface area contributed by atoms with E-state index in [0.29, 0.717) is 29.3 Å². The number of nitrogens with one attached hydrogen (secondary N) is 2. The fraction of sp³-hybridized carbons (Fsp3) is 0.542. The zero-order valence-corrected chi connectivity index (χ0v) is 37.5. The van der Waals surface area contributed by atoms with Crippen LogP contribution in [-0.2, 0) is 9.59 Å². The molecule has 1 aromatic heterocycles. The van der Waals surface area contributed by atoms with Gasteiger partial charge in [0.1, 0.15) is 29.7 Å². The summed E-state index contributed by atoms with van der Waals surface area (Å²) in [5.41, 5.74) is 3.02. The Morgan fingerprint density at radius 1 is 0.921 bits per heavy atom. The Bertz CT molecular complexity index is 2340. The summed E-state index contributed by atoms with van der Waals surface area (Å²) in [4.78, 5) is 78.8. The number of benzene rings is 2. The molecule has 4 heterocycles. The fourth-order valence-corrected chi connectivity index (χ4v) is 11.0. The van der Waals surface area contributed by atoms with Crippen molar-refractivity contribution in [2.75, 3.05) is 24.5 Å². The zero-order valence-electron chi connectivity index (χ0n) is 37.5. The number of rotatable bonds is 12. The number of nitriles is 1. The van der Waals surface area contributed by atoms with Gasteiger partial charge in [-0.1, -0.05) is 27.7 Å². The van der Waals surface area contributed by atoms with E-state index in [1.807, 2.05) is 26.0 Å². The molecule has 0 unspecified atom stereocenters. The molecule has 5 amide bonds. The molecule has 0 bridgehead atoms. The lowest BCUT2D eigenvalue weighted by molar-refractivity contribution is -0.164. The Kier molecular flexibility index (Phi) is 11.6. The van der Waals surface area contributed by atoms with Gasteiger partial charge in [0.25, 0.3) is 17.7 Å². The molecule has 5 aliphatic rings. The van der Waals surface area contributed by atoms with Crippen LogP contribution in [-0.4, -0.2) is 105 Å². The number of aryl methyl sites for hydroxylation is 2. The summed E-state index contributed by atoms with van der Waals surface area (Å²) in [5, 5.41) is 14.9. The van der Waals surface area contributed by atoms with Crippen LogP contribution in [0.1, 0.15) is 128 Å². The van der Waals surface area contributed by atoms with Crippen LogP contribution in [0.15, 0.2) is 42.7 Å². The van der Waals surface area contributed by atoms with Gasteiger partial charge in [-0.2, -0.15) is 5.26 Å². The van der Waals surface area contributed by atoms with E-state index in [2.05, 4.69) is 78.0 Å². The first-order chi connectivity index (χ1) is 29.9. The van der Waals surface area contributed by atoms with Crippen LogP contribution in [0.5, 0.6) is 11.5 Å². The molecule has 2 N–H and O–H groups in total. The number of nitrogens with zero attached hydrogens (tertiary/aromatic N) is 6. The first-order valence-electron chi connectivity index (χ1n) is 22.2. The summed E-state index contributed by atoms with van der Waals surface area (Å²) in [6.45, 7) is 19.4. The van der Waals surface area contributed by atoms with Crippen LogP contribution in [0.3, 0.4) is 0 Å². The highest BCUT2D eigenvalue weighted by molar-refractivity contribution is 6.23. The number of imide groups is 2. The molecule has 4 fully saturated rings. The highest BCUT2D eigenvalue weighted by Gasteiger charge is 2.64. The number of anilines is 1. The number of fused-ring (bicyclic) bond motifs is 1. The van der Waals surface area contributed by atoms with E-state index in [-0.39, 0.29) is 64.8 Å². The van der Waals surface area contributed by atoms with Gasteiger partial charge < -0.3 is 19.7 Å². The first-order valence-corrected chi connectivity index (χ1v) is 22.2. The van der Waals surface area contributed by atoms with Gasteiger partial charge >= 0.3 is 0 Å². The molecule has 2 aliphatic carbocycles. The van der Waals surface area contributed by atoms with Crippen LogP contribution in [0.25, 0.3) is 0 Å². The predicted octanol–water partition coefficient (Wildman–Crippen LogP) is 5.52. The molecule has 2 saturated heterocycles. The SMILES string of the molecule is Cc1cc(OC2C(C)(C)C(NC(=O)c3ncc(N4CCC(CN(C(C)C)C5CC(Oc6ccc7c(c6)C(=O)N([C@@H]6CCC(=O)NC6=O)C7=O)C5)CC4)cn3)C2(C)C)cc(C)c1C#N. The molecule has 3 aromatic rings. The third-order valence-corrected chi connectivity index (χ3v) is 14.2. The predicted molar refractivity (Wildman–Crippen MR) is 233 cm³/mol. The molecule has 63 heavy (non-hydrogen) atoms. The number of hydrogen-bond donors (Lipinski definition) is 2. The van der Waals surface area contributed by atoms with Gasteiger partial charge in [-0.05, 0) is 94.3 Å². The second kappa shape index (κ2) is 16.7. The van der Waals surface area contributed by atoms with Gasteiger partial charge in [0.05, 0.1) is 40.8 Å². The van der Waals surface area contributed by atoms with Crippen molar-refractivity contribution in [2.24, 2.45) is 16.7 Å². The molecule has 3 aliphatic heterocycles. The standard InChI is InChI=1S/C48H58N8O7/c1-26(2)55(30-19-34(20-30)62-32-9-10-35-36(21-32)44(61)56(43(35)60)38-11-12-39(57)52-41(38)58)25-29-13-15-54(16-14-29)31-23-50-40(51-24-31)42(59)53-45-47(5,6)46(48(45,7)8)63-33-17-27(3)37(22-49)28(4)18-33/h9-10,17-18,21,23-24,26,29-30,34,38,45-46H,11-16,19-20,25H2,1-8H3,(H,53,59)(H,52,57,58)/t30?,34?,38-,45?,46?/m1/s1. The summed E-state index contributed by atoms with van der Waals surface area (Å²) in [6.07, 6.45) is 7.23. The van der Waals surface area contributed by atoms with Crippen LogP contribution in [0.2, 0.25) is 0 Å². The van der Waals surface area contributed by atoms with Crippen molar-refractivity contribution in [2.45, 2.75) is 130 Å². The van der Waals surface area contributed by atoms with Gasteiger partial charge in [-0.25, -0.2) is 9.97 Å². The van der Waals surface area contributed by atoms with Gasteiger partial charge in [0.2, 0.25) is 17.6 Å². The normalized spacial score (nSPS) is 25.3. The van der Waals surface area contributed by atoms with Gasteiger partial charge in [0, 0.05) is 67.9 Å². The maximum atomic E-state index is 13.5. The molecule has 0 radical (unpaired) electrons. The second-order valence-corrected chi connectivity index (χ2v) is 19.6. The van der Waals surface area contributed by atoms with Crippen LogP contribution in [0.4, 0.5) is 5.69 Å². The van der Waals surface area contributed by atoms with Crippen molar-refractivity contribution in [1.82, 2.24) is 30.4 Å². The average molecular weight is 859 g/mol. The molecule has 1 atom stereocenters. The van der Waals surface area contributed by atoms with Gasteiger partial charge in [-0.15, -0.1) is 0 Å². The lowest BCUT2D eigenvalue weighted by atomic mass is 9.49. The number of carbonyl (C=O) groups excluding carboxylic acids is 5. The van der Waals surface area contributed by atoms with Crippen molar-refractivity contribution in [3.8, 4) is 17.6 Å². The van der Waals surface area contributed by atoms with Crippen molar-refractivity contribution in [1.29, 1.82) is 5.26 Å². The highest BCUT2D eigenvalue weighted by Crippen LogP contribution is 2.55. The number of hydrogen-bond acceptors (Lipinski definition) is 12. The largest absolute Gasteiger partial charge is 0.490 e. The van der Waals surface area contributed by atoms with Crippen molar-refractivity contribution in [3.63, 3.8) is 0 Å². The lowest BCUT2D eigenvalue weighted by Gasteiger charge is -2.63. The van der Waals surface area contributed by atoms with Crippen LogP contribution in [0, 0.1) is 41.9 Å². The van der Waals surface area contributed by atoms with Gasteiger partial charge in [-0.3, -0.25) is 39.1 Å². The summed E-state index contributed by atoms with van der Waals surface area (Å²) in [7, 11) is 0. The smallest absolute Gasteiger partial charge is 0.289 e. The Morgan fingerprint density at radius 2 is 1.56 bits per heavy atom. The Morgan fingerprint density at radius 3 is 2.16 bits per heavy atom. The van der Waals surface area contributed by atoms with Gasteiger partial charge in [0.15, 0.2) is 0 Å². The van der Waals surface area contributed by atoms with E-state index in [4.69, 9.17) is 9.47 Å². The molecule has 332 valence electrons. The minimum absolute atomic E-state index is 0.0221. The topological polar surface area (TPSA) is 187 Å². The first kappa shape index (κ1) is 43.8. The molecule has 8 rings (SSSR count). The number of ether oxygens (including phenoxy) is 2. The fourth-order valence-electron chi connectivity index (χ4n) is 11.0. The minimum atomic E-state index is -1.01. The summed E-state index contributed by atoms with van der Waals surface area (Å²) < 4.78 is 12.8. The molecular formula is C48H58N8O7. The average Bonchev–Trinajstić information content (AvgIpc) is 3.47. The Labute approximate surface area is 368 Å². The van der Waals surface area contributed by atoms with E-state index >= 15 is 0 Å². The Hall–Kier alpha value is -5.88. The van der Waals surface area contributed by atoms with Crippen molar-refractivity contribution >= 4 is 35.2 Å². The van der Waals surface area contributed by atoms with E-state index in [1.165, 1.54) is 0 Å². The zero-order chi connectivity index (χ0) is 45.1. The minimum Gasteiger partial charge on any atom is -0.490 e. The molecule has 2 aromatic carbocycles. The van der Waals surface area contributed by atoms with Crippen molar-refractivity contribution < 1.29 is 33.4 Å². The van der Waals surface area contributed by atoms with Crippen LogP contribution < -0.4 is 25.0 Å². The summed E-state index contributed by atoms with van der Waals surface area (Å²) in [6, 6.07) is 10.5.